The second kappa shape index (κ2) is 7.35. The molecule has 0 radical (unpaired) electrons. The van der Waals surface area contributed by atoms with Crippen LogP contribution in [-0.2, 0) is 0 Å². The van der Waals surface area contributed by atoms with Crippen molar-refractivity contribution in [2.45, 2.75) is 47.0 Å². The second-order valence-electron chi connectivity index (χ2n) is 5.71. The fourth-order valence-electron chi connectivity index (χ4n) is 2.36. The van der Waals surface area contributed by atoms with E-state index in [0.717, 1.165) is 11.6 Å². The Bertz CT molecular complexity index is 358. The lowest BCUT2D eigenvalue weighted by Crippen LogP contribution is -1.99. The molecule has 0 spiro atoms. The molecule has 2 atom stereocenters. The van der Waals surface area contributed by atoms with Crippen molar-refractivity contribution >= 4 is 6.21 Å². The van der Waals surface area contributed by atoms with Gasteiger partial charge in [-0.15, -0.1) is 0 Å². The second-order valence-corrected chi connectivity index (χ2v) is 5.71. The molecule has 2 unspecified atom stereocenters. The first-order valence-electron chi connectivity index (χ1n) is 7.10. The van der Waals surface area contributed by atoms with Crippen molar-refractivity contribution in [2.75, 3.05) is 0 Å². The van der Waals surface area contributed by atoms with Gasteiger partial charge in [0.25, 0.3) is 0 Å². The number of nitrogens with zero attached hydrogens (tertiary/aromatic N) is 1. The van der Waals surface area contributed by atoms with Crippen LogP contribution in [0.15, 0.2) is 41.1 Å². The molecule has 1 saturated carbocycles. The van der Waals surface area contributed by atoms with Crippen LogP contribution in [0.4, 0.5) is 0 Å². The van der Waals surface area contributed by atoms with E-state index in [1.807, 2.05) is 19.2 Å². The van der Waals surface area contributed by atoms with Gasteiger partial charge in [-0.25, -0.2) is 0 Å². The van der Waals surface area contributed by atoms with E-state index >= 15 is 0 Å². The Morgan fingerprint density at radius 3 is 2.56 bits per heavy atom. The van der Waals surface area contributed by atoms with E-state index in [1.54, 1.807) is 0 Å². The Balaban J connectivity index is 2.63. The quantitative estimate of drug-likeness (QED) is 0.468. The minimum Gasteiger partial charge on any atom is -0.261 e. The summed E-state index contributed by atoms with van der Waals surface area (Å²) in [6, 6.07) is 0. The average molecular weight is 245 g/mol. The van der Waals surface area contributed by atoms with Gasteiger partial charge >= 0.3 is 0 Å². The summed E-state index contributed by atoms with van der Waals surface area (Å²) in [7, 11) is 0. The fraction of sp³-hybridized carbons (Fsp3) is 0.588. The van der Waals surface area contributed by atoms with Gasteiger partial charge in [0.1, 0.15) is 0 Å². The predicted molar refractivity (Wildman–Crippen MR) is 81.9 cm³/mol. The summed E-state index contributed by atoms with van der Waals surface area (Å²) >= 11 is 0. The molecule has 0 heterocycles. The zero-order valence-electron chi connectivity index (χ0n) is 12.3. The summed E-state index contributed by atoms with van der Waals surface area (Å²) in [5.41, 5.74) is 2.33. The molecule has 1 heteroatoms. The van der Waals surface area contributed by atoms with Gasteiger partial charge < -0.3 is 0 Å². The first-order chi connectivity index (χ1) is 8.54. The van der Waals surface area contributed by atoms with Crippen molar-refractivity contribution in [1.29, 1.82) is 0 Å². The summed E-state index contributed by atoms with van der Waals surface area (Å²) in [5, 5.41) is 0. The zero-order chi connectivity index (χ0) is 13.5. The van der Waals surface area contributed by atoms with Crippen molar-refractivity contribution in [3.63, 3.8) is 0 Å². The van der Waals surface area contributed by atoms with Crippen LogP contribution in [0.1, 0.15) is 47.0 Å². The van der Waals surface area contributed by atoms with E-state index in [1.165, 1.54) is 24.8 Å². The van der Waals surface area contributed by atoms with Crippen LogP contribution in [0, 0.1) is 17.8 Å². The summed E-state index contributed by atoms with van der Waals surface area (Å²) in [6.07, 6.45) is 12.1. The van der Waals surface area contributed by atoms with Crippen LogP contribution in [-0.4, -0.2) is 6.21 Å². The van der Waals surface area contributed by atoms with Crippen molar-refractivity contribution in [2.24, 2.45) is 22.7 Å². The molecule has 0 saturated heterocycles. The molecule has 18 heavy (non-hydrogen) atoms. The lowest BCUT2D eigenvalue weighted by molar-refractivity contribution is 0.570. The van der Waals surface area contributed by atoms with Crippen LogP contribution in [0.2, 0.25) is 0 Å². The van der Waals surface area contributed by atoms with Gasteiger partial charge in [-0.3, -0.25) is 4.99 Å². The van der Waals surface area contributed by atoms with Crippen molar-refractivity contribution in [3.8, 4) is 0 Å². The number of aliphatic imine (C=N–C) groups is 1. The molecule has 0 bridgehead atoms. The number of rotatable bonds is 5. The van der Waals surface area contributed by atoms with E-state index in [-0.39, 0.29) is 0 Å². The zero-order valence-corrected chi connectivity index (χ0v) is 12.3. The Hall–Kier alpha value is -1.11. The first kappa shape index (κ1) is 14.9. The molecule has 0 aromatic rings. The van der Waals surface area contributed by atoms with Crippen LogP contribution < -0.4 is 0 Å². The van der Waals surface area contributed by atoms with Gasteiger partial charge in [0.15, 0.2) is 0 Å². The van der Waals surface area contributed by atoms with E-state index in [2.05, 4.69) is 44.5 Å². The van der Waals surface area contributed by atoms with Crippen LogP contribution in [0.5, 0.6) is 0 Å². The van der Waals surface area contributed by atoms with Crippen molar-refractivity contribution in [3.05, 3.63) is 36.1 Å². The maximum absolute atomic E-state index is 4.59. The lowest BCUT2D eigenvalue weighted by Gasteiger charge is -2.10. The highest BCUT2D eigenvalue weighted by Gasteiger charge is 2.23. The third-order valence-electron chi connectivity index (χ3n) is 3.69. The summed E-state index contributed by atoms with van der Waals surface area (Å²) in [5.74, 6) is 1.94. The molecular formula is C17H27N. The molecule has 1 aliphatic carbocycles. The largest absolute Gasteiger partial charge is 0.261 e. The highest BCUT2D eigenvalue weighted by atomic mass is 14.7. The topological polar surface area (TPSA) is 12.4 Å². The molecule has 0 aromatic heterocycles. The van der Waals surface area contributed by atoms with E-state index in [0.29, 0.717) is 11.8 Å². The van der Waals surface area contributed by atoms with Crippen molar-refractivity contribution in [1.82, 2.24) is 0 Å². The Labute approximate surface area is 112 Å². The predicted octanol–water partition coefficient (Wildman–Crippen LogP) is 5.17. The van der Waals surface area contributed by atoms with Crippen LogP contribution in [0.3, 0.4) is 0 Å². The maximum Gasteiger partial charge on any atom is 0.0363 e. The van der Waals surface area contributed by atoms with Crippen LogP contribution in [0.25, 0.3) is 0 Å². The number of hydrogen-bond donors (Lipinski definition) is 0. The third kappa shape index (κ3) is 4.64. The number of allylic oxidation sites excluding steroid dienone is 5. The third-order valence-corrected chi connectivity index (χ3v) is 3.69. The lowest BCUT2D eigenvalue weighted by atomic mass is 10.0. The average Bonchev–Trinajstić information content (AvgIpc) is 2.75. The van der Waals surface area contributed by atoms with Crippen LogP contribution >= 0.6 is 0 Å². The van der Waals surface area contributed by atoms with Gasteiger partial charge in [0.05, 0.1) is 0 Å². The summed E-state index contributed by atoms with van der Waals surface area (Å²) in [6.45, 7) is 12.9. The smallest absolute Gasteiger partial charge is 0.0363 e. The maximum atomic E-state index is 4.59. The molecule has 1 aliphatic rings. The monoisotopic (exact) mass is 245 g/mol. The molecule has 0 N–H and O–H groups in total. The van der Waals surface area contributed by atoms with E-state index in [9.17, 15) is 0 Å². The molecule has 0 amide bonds. The summed E-state index contributed by atoms with van der Waals surface area (Å²) < 4.78 is 0. The van der Waals surface area contributed by atoms with Gasteiger partial charge in [0, 0.05) is 17.8 Å². The van der Waals surface area contributed by atoms with Gasteiger partial charge in [-0.2, -0.15) is 0 Å². The SMILES string of the molecule is C=C(N=C/C(=C\C=C\C)C(C)C)C1CCC(C)C1. The Kier molecular flexibility index (Phi) is 6.11. The Morgan fingerprint density at radius 1 is 1.33 bits per heavy atom. The molecule has 1 fully saturated rings. The molecule has 1 rings (SSSR count). The number of hydrogen-bond acceptors (Lipinski definition) is 1. The van der Waals surface area contributed by atoms with Gasteiger partial charge in [-0.1, -0.05) is 52.0 Å². The van der Waals surface area contributed by atoms with Crippen molar-refractivity contribution < 1.29 is 0 Å². The highest BCUT2D eigenvalue weighted by Crippen LogP contribution is 2.34. The molecule has 100 valence electrons. The molecule has 0 aromatic carbocycles. The standard InChI is InChI=1S/C17H27N/c1-6-7-8-17(13(2)3)12-18-15(5)16-10-9-14(4)11-16/h6-8,12-14,16H,5,9-11H2,1-4H3/b7-6+,17-8+,18-12?. The summed E-state index contributed by atoms with van der Waals surface area (Å²) in [4.78, 5) is 4.59. The first-order valence-corrected chi connectivity index (χ1v) is 7.10. The van der Waals surface area contributed by atoms with Gasteiger partial charge in [0.2, 0.25) is 0 Å². The highest BCUT2D eigenvalue weighted by molar-refractivity contribution is 5.80. The fourth-order valence-corrected chi connectivity index (χ4v) is 2.36. The molecular weight excluding hydrogens is 218 g/mol. The normalized spacial score (nSPS) is 25.7. The van der Waals surface area contributed by atoms with E-state index in [4.69, 9.17) is 0 Å². The Morgan fingerprint density at radius 2 is 2.06 bits per heavy atom. The van der Waals surface area contributed by atoms with E-state index < -0.39 is 0 Å². The molecule has 0 aliphatic heterocycles. The van der Waals surface area contributed by atoms with Gasteiger partial charge in [-0.05, 0) is 37.2 Å². The minimum atomic E-state index is 0.500. The molecule has 1 nitrogen and oxygen atoms in total. The minimum absolute atomic E-state index is 0.500.